The van der Waals surface area contributed by atoms with Gasteiger partial charge >= 0.3 is 0 Å². The maximum Gasteiger partial charge on any atom is 0.0441 e. The van der Waals surface area contributed by atoms with E-state index in [9.17, 15) is 0 Å². The molecule has 0 saturated carbocycles. The monoisotopic (exact) mass is 210 g/mol. The Balaban J connectivity index is 2.00. The molecule has 0 spiro atoms. The van der Waals surface area contributed by atoms with Crippen molar-refractivity contribution in [2.45, 2.75) is 25.9 Å². The van der Waals surface area contributed by atoms with Crippen LogP contribution < -0.4 is 10.6 Å². The average Bonchev–Trinajstić information content (AvgIpc) is 2.53. The maximum absolute atomic E-state index is 3.70. The first-order valence-corrected chi connectivity index (χ1v) is 6.15. The lowest BCUT2D eigenvalue weighted by Gasteiger charge is -2.33. The van der Waals surface area contributed by atoms with E-state index >= 15 is 0 Å². The molecule has 1 atom stereocenters. The lowest BCUT2D eigenvalue weighted by Crippen LogP contribution is -2.56. The fourth-order valence-corrected chi connectivity index (χ4v) is 2.69. The van der Waals surface area contributed by atoms with Gasteiger partial charge in [0, 0.05) is 30.1 Å². The molecule has 3 heteroatoms. The minimum absolute atomic E-state index is 0.530. The average molecular weight is 210 g/mol. The van der Waals surface area contributed by atoms with Crippen molar-refractivity contribution >= 4 is 11.3 Å². The molecular formula is C11H18N2S. The molecule has 2 N–H and O–H groups in total. The topological polar surface area (TPSA) is 24.1 Å². The summed E-state index contributed by atoms with van der Waals surface area (Å²) in [5.74, 6) is 0.661. The molecule has 2 nitrogen and oxygen atoms in total. The van der Waals surface area contributed by atoms with E-state index in [4.69, 9.17) is 0 Å². The molecule has 0 radical (unpaired) electrons. The Morgan fingerprint density at radius 3 is 2.71 bits per heavy atom. The zero-order valence-corrected chi connectivity index (χ0v) is 9.60. The van der Waals surface area contributed by atoms with Crippen molar-refractivity contribution in [1.82, 2.24) is 10.6 Å². The number of hydrogen-bond acceptors (Lipinski definition) is 3. The summed E-state index contributed by atoms with van der Waals surface area (Å²) >= 11 is 1.85. The Hall–Kier alpha value is -0.380. The third kappa shape index (κ3) is 2.16. The van der Waals surface area contributed by atoms with Crippen LogP contribution in [-0.4, -0.2) is 19.1 Å². The summed E-state index contributed by atoms with van der Waals surface area (Å²) in [6.45, 7) is 6.80. The van der Waals surface area contributed by atoms with Gasteiger partial charge in [-0.3, -0.25) is 0 Å². The highest BCUT2D eigenvalue weighted by molar-refractivity contribution is 7.10. The minimum atomic E-state index is 0.530. The fraction of sp³-hybridized carbons (Fsp3) is 0.636. The zero-order chi connectivity index (χ0) is 9.97. The van der Waals surface area contributed by atoms with E-state index in [0.717, 1.165) is 13.1 Å². The van der Waals surface area contributed by atoms with Gasteiger partial charge < -0.3 is 10.6 Å². The van der Waals surface area contributed by atoms with Gasteiger partial charge in [0.05, 0.1) is 0 Å². The Bertz CT molecular complexity index is 265. The zero-order valence-electron chi connectivity index (χ0n) is 8.79. The van der Waals surface area contributed by atoms with Crippen molar-refractivity contribution < 1.29 is 0 Å². The summed E-state index contributed by atoms with van der Waals surface area (Å²) in [7, 11) is 0. The Morgan fingerprint density at radius 1 is 1.50 bits per heavy atom. The van der Waals surface area contributed by atoms with Crippen LogP contribution in [0, 0.1) is 5.92 Å². The lowest BCUT2D eigenvalue weighted by atomic mass is 10.0. The smallest absolute Gasteiger partial charge is 0.0441 e. The molecule has 1 aliphatic rings. The van der Waals surface area contributed by atoms with Gasteiger partial charge in [0.15, 0.2) is 0 Å². The van der Waals surface area contributed by atoms with Crippen LogP contribution in [0.15, 0.2) is 17.5 Å². The van der Waals surface area contributed by atoms with Gasteiger partial charge in [0.25, 0.3) is 0 Å². The minimum Gasteiger partial charge on any atom is -0.314 e. The van der Waals surface area contributed by atoms with Crippen molar-refractivity contribution in [3.8, 4) is 0 Å². The highest BCUT2D eigenvalue weighted by atomic mass is 32.1. The summed E-state index contributed by atoms with van der Waals surface area (Å²) < 4.78 is 0. The second-order valence-corrected chi connectivity index (χ2v) is 5.24. The quantitative estimate of drug-likeness (QED) is 0.794. The number of thiophene rings is 1. The van der Waals surface area contributed by atoms with Crippen LogP contribution in [0.25, 0.3) is 0 Å². The molecule has 0 amide bonds. The lowest BCUT2D eigenvalue weighted by molar-refractivity contribution is 0.295. The van der Waals surface area contributed by atoms with Gasteiger partial charge in [-0.1, -0.05) is 19.9 Å². The third-order valence-corrected chi connectivity index (χ3v) is 3.67. The van der Waals surface area contributed by atoms with Gasteiger partial charge in [-0.05, 0) is 17.4 Å². The number of nitrogens with one attached hydrogen (secondary N) is 2. The van der Waals surface area contributed by atoms with Gasteiger partial charge in [-0.25, -0.2) is 0 Å². The van der Waals surface area contributed by atoms with Gasteiger partial charge in [-0.2, -0.15) is 0 Å². The second kappa shape index (κ2) is 4.43. The summed E-state index contributed by atoms with van der Waals surface area (Å²) in [6, 6.07) is 5.57. The first kappa shape index (κ1) is 10.1. The first-order valence-electron chi connectivity index (χ1n) is 5.27. The largest absolute Gasteiger partial charge is 0.314 e. The predicted octanol–water partition coefficient (Wildman–Crippen LogP) is 2.01. The van der Waals surface area contributed by atoms with Crippen LogP contribution in [0.1, 0.15) is 24.8 Å². The van der Waals surface area contributed by atoms with E-state index in [-0.39, 0.29) is 0 Å². The van der Waals surface area contributed by atoms with Crippen molar-refractivity contribution in [3.63, 3.8) is 0 Å². The van der Waals surface area contributed by atoms with Crippen LogP contribution in [0.5, 0.6) is 0 Å². The molecule has 78 valence electrons. The standard InChI is InChI=1S/C11H18N2S/c1-8(2)11(10-4-3-5-14-10)13-9-6-12-7-9/h3-5,8-9,11-13H,6-7H2,1-2H3. The molecule has 1 aliphatic heterocycles. The Kier molecular flexibility index (Phi) is 3.21. The van der Waals surface area contributed by atoms with E-state index in [0.29, 0.717) is 18.0 Å². The Morgan fingerprint density at radius 2 is 2.29 bits per heavy atom. The van der Waals surface area contributed by atoms with E-state index in [2.05, 4.69) is 42.0 Å². The van der Waals surface area contributed by atoms with Crippen molar-refractivity contribution in [2.75, 3.05) is 13.1 Å². The molecule has 2 rings (SSSR count). The van der Waals surface area contributed by atoms with Crippen LogP contribution in [0.3, 0.4) is 0 Å². The van der Waals surface area contributed by atoms with Crippen LogP contribution in [0.2, 0.25) is 0 Å². The summed E-state index contributed by atoms with van der Waals surface area (Å²) in [6.07, 6.45) is 0. The highest BCUT2D eigenvalue weighted by Crippen LogP contribution is 2.26. The molecule has 1 unspecified atom stereocenters. The Labute approximate surface area is 89.7 Å². The summed E-state index contributed by atoms with van der Waals surface area (Å²) in [4.78, 5) is 1.46. The molecule has 1 aromatic heterocycles. The molecule has 14 heavy (non-hydrogen) atoms. The maximum atomic E-state index is 3.70. The molecule has 0 bridgehead atoms. The van der Waals surface area contributed by atoms with Crippen LogP contribution in [-0.2, 0) is 0 Å². The van der Waals surface area contributed by atoms with Crippen LogP contribution >= 0.6 is 11.3 Å². The summed E-state index contributed by atoms with van der Waals surface area (Å²) in [5, 5.41) is 9.15. The first-order chi connectivity index (χ1) is 6.77. The SMILES string of the molecule is CC(C)C(NC1CNC1)c1cccs1. The summed E-state index contributed by atoms with van der Waals surface area (Å²) in [5.41, 5.74) is 0. The number of hydrogen-bond donors (Lipinski definition) is 2. The second-order valence-electron chi connectivity index (χ2n) is 4.26. The van der Waals surface area contributed by atoms with E-state index in [1.165, 1.54) is 4.88 Å². The highest BCUT2D eigenvalue weighted by Gasteiger charge is 2.23. The predicted molar refractivity (Wildman–Crippen MR) is 61.7 cm³/mol. The molecule has 2 heterocycles. The van der Waals surface area contributed by atoms with Gasteiger partial charge in [0.2, 0.25) is 0 Å². The van der Waals surface area contributed by atoms with E-state index < -0.39 is 0 Å². The van der Waals surface area contributed by atoms with Crippen LogP contribution in [0.4, 0.5) is 0 Å². The van der Waals surface area contributed by atoms with E-state index in [1.54, 1.807) is 0 Å². The number of rotatable bonds is 4. The van der Waals surface area contributed by atoms with Gasteiger partial charge in [-0.15, -0.1) is 11.3 Å². The molecule has 0 aliphatic carbocycles. The van der Waals surface area contributed by atoms with Crippen molar-refractivity contribution in [2.24, 2.45) is 5.92 Å². The third-order valence-electron chi connectivity index (χ3n) is 2.71. The molecular weight excluding hydrogens is 192 g/mol. The van der Waals surface area contributed by atoms with Crippen molar-refractivity contribution in [3.05, 3.63) is 22.4 Å². The molecule has 1 aromatic rings. The molecule has 1 fully saturated rings. The van der Waals surface area contributed by atoms with Crippen molar-refractivity contribution in [1.29, 1.82) is 0 Å². The molecule has 1 saturated heterocycles. The molecule has 0 aromatic carbocycles. The van der Waals surface area contributed by atoms with Gasteiger partial charge in [0.1, 0.15) is 0 Å². The normalized spacial score (nSPS) is 19.6. The van der Waals surface area contributed by atoms with E-state index in [1.807, 2.05) is 11.3 Å². The fourth-order valence-electron chi connectivity index (χ4n) is 1.73.